The molecule has 0 aliphatic rings. The number of hydrazine groups is 1. The summed E-state index contributed by atoms with van der Waals surface area (Å²) in [6.45, 7) is 6.54. The van der Waals surface area contributed by atoms with Crippen molar-refractivity contribution in [1.82, 2.24) is 5.43 Å². The van der Waals surface area contributed by atoms with Crippen LogP contribution in [-0.4, -0.2) is 22.7 Å². The molecule has 0 atom stereocenters. The van der Waals surface area contributed by atoms with Gasteiger partial charge in [0.1, 0.15) is 11.4 Å². The average Bonchev–Trinajstić information content (AvgIpc) is 2.42. The number of benzene rings is 2. The van der Waals surface area contributed by atoms with E-state index in [1.807, 2.05) is 6.07 Å². The number of aromatic hydroxyl groups is 1. The Hall–Kier alpha value is -2.76. The van der Waals surface area contributed by atoms with Crippen molar-refractivity contribution in [1.29, 1.82) is 0 Å². The lowest BCUT2D eigenvalue weighted by atomic mass is 10.1. The highest BCUT2D eigenvalue weighted by atomic mass is 16.6. The van der Waals surface area contributed by atoms with Crippen molar-refractivity contribution in [2.75, 3.05) is 5.01 Å². The Kier molecular flexibility index (Phi) is 4.45. The van der Waals surface area contributed by atoms with Crippen molar-refractivity contribution in [2.24, 2.45) is 0 Å². The molecule has 0 spiro atoms. The number of nitrogens with one attached hydrogen (secondary N) is 1. The van der Waals surface area contributed by atoms with Gasteiger partial charge in [-0.1, -0.05) is 18.2 Å². The van der Waals surface area contributed by atoms with Crippen molar-refractivity contribution in [3.63, 3.8) is 0 Å². The van der Waals surface area contributed by atoms with Gasteiger partial charge in [-0.15, -0.1) is 0 Å². The maximum absolute atomic E-state index is 12.0. The third kappa shape index (κ3) is 4.12. The SMILES string of the molecule is CC(=O)N(NC(=O)OC(C)(C)C)c1cccc2ccc(O)cc12. The summed E-state index contributed by atoms with van der Waals surface area (Å²) in [5, 5.41) is 12.3. The second kappa shape index (κ2) is 6.16. The highest BCUT2D eigenvalue weighted by Crippen LogP contribution is 2.29. The second-order valence-electron chi connectivity index (χ2n) is 6.15. The van der Waals surface area contributed by atoms with Gasteiger partial charge in [0, 0.05) is 12.3 Å². The molecule has 2 rings (SSSR count). The topological polar surface area (TPSA) is 78.9 Å². The van der Waals surface area contributed by atoms with Crippen LogP contribution in [0.3, 0.4) is 0 Å². The fraction of sp³-hybridized carbons (Fsp3) is 0.294. The van der Waals surface area contributed by atoms with Crippen LogP contribution in [0.25, 0.3) is 10.8 Å². The fourth-order valence-electron chi connectivity index (χ4n) is 2.14. The largest absolute Gasteiger partial charge is 0.508 e. The number of hydrogen-bond donors (Lipinski definition) is 2. The monoisotopic (exact) mass is 316 g/mol. The van der Waals surface area contributed by atoms with E-state index in [2.05, 4.69) is 5.43 Å². The van der Waals surface area contributed by atoms with Crippen LogP contribution in [0.2, 0.25) is 0 Å². The van der Waals surface area contributed by atoms with Gasteiger partial charge in [0.25, 0.3) is 0 Å². The van der Waals surface area contributed by atoms with Gasteiger partial charge in [0.05, 0.1) is 5.69 Å². The van der Waals surface area contributed by atoms with E-state index in [9.17, 15) is 14.7 Å². The zero-order valence-electron chi connectivity index (χ0n) is 13.6. The summed E-state index contributed by atoms with van der Waals surface area (Å²) in [5.74, 6) is -0.308. The van der Waals surface area contributed by atoms with Gasteiger partial charge in [-0.3, -0.25) is 4.79 Å². The van der Waals surface area contributed by atoms with Gasteiger partial charge in [-0.25, -0.2) is 15.2 Å². The molecular formula is C17H20N2O4. The van der Waals surface area contributed by atoms with E-state index in [1.165, 1.54) is 13.0 Å². The highest BCUT2D eigenvalue weighted by molar-refractivity contribution is 6.04. The number of phenols is 1. The number of rotatable bonds is 1. The van der Waals surface area contributed by atoms with Crippen molar-refractivity contribution in [2.45, 2.75) is 33.3 Å². The summed E-state index contributed by atoms with van der Waals surface area (Å²) in [5.41, 5.74) is 2.22. The summed E-state index contributed by atoms with van der Waals surface area (Å²) < 4.78 is 5.18. The highest BCUT2D eigenvalue weighted by Gasteiger charge is 2.22. The summed E-state index contributed by atoms with van der Waals surface area (Å²) in [6, 6.07) is 10.1. The maximum Gasteiger partial charge on any atom is 0.427 e. The number of carbonyl (C=O) groups is 2. The first-order valence-corrected chi connectivity index (χ1v) is 7.19. The number of anilines is 1. The van der Waals surface area contributed by atoms with E-state index in [0.717, 1.165) is 10.4 Å². The molecule has 122 valence electrons. The molecule has 0 saturated heterocycles. The molecule has 0 fully saturated rings. The molecule has 23 heavy (non-hydrogen) atoms. The standard InChI is InChI=1S/C17H20N2O4/c1-11(20)19(18-16(22)23-17(2,3)4)15-7-5-6-12-8-9-13(21)10-14(12)15/h5-10,21H,1-4H3,(H,18,22). The molecule has 0 radical (unpaired) electrons. The van der Waals surface area contributed by atoms with Crippen LogP contribution in [0, 0.1) is 0 Å². The molecule has 0 bridgehead atoms. The van der Waals surface area contributed by atoms with Crippen LogP contribution in [-0.2, 0) is 9.53 Å². The smallest absolute Gasteiger partial charge is 0.427 e. The van der Waals surface area contributed by atoms with Crippen LogP contribution in [0.4, 0.5) is 10.5 Å². The Morgan fingerprint density at radius 2 is 1.87 bits per heavy atom. The summed E-state index contributed by atoms with van der Waals surface area (Å²) in [6.07, 6.45) is -0.732. The van der Waals surface area contributed by atoms with E-state index in [0.29, 0.717) is 11.1 Å². The number of carbonyl (C=O) groups excluding carboxylic acids is 2. The number of ether oxygens (including phenoxy) is 1. The third-order valence-electron chi connectivity index (χ3n) is 3.00. The van der Waals surface area contributed by atoms with E-state index in [1.54, 1.807) is 45.0 Å². The molecule has 0 unspecified atom stereocenters. The molecule has 2 aromatic carbocycles. The summed E-state index contributed by atoms with van der Waals surface area (Å²) in [4.78, 5) is 23.9. The normalized spacial score (nSPS) is 11.1. The second-order valence-corrected chi connectivity index (χ2v) is 6.15. The van der Waals surface area contributed by atoms with Gasteiger partial charge < -0.3 is 9.84 Å². The fourth-order valence-corrected chi connectivity index (χ4v) is 2.14. The molecule has 2 N–H and O–H groups in total. The zero-order valence-corrected chi connectivity index (χ0v) is 13.6. The molecule has 2 amide bonds. The summed E-state index contributed by atoms with van der Waals surface area (Å²) >= 11 is 0. The molecule has 0 aromatic heterocycles. The minimum absolute atomic E-state index is 0.0747. The Morgan fingerprint density at radius 3 is 2.48 bits per heavy atom. The Labute approximate surface area is 134 Å². The Bertz CT molecular complexity index is 750. The van der Waals surface area contributed by atoms with Gasteiger partial charge in [0.15, 0.2) is 0 Å². The molecule has 0 aliphatic heterocycles. The lowest BCUT2D eigenvalue weighted by Gasteiger charge is -2.26. The number of phenolic OH excluding ortho intramolecular Hbond substituents is 1. The third-order valence-corrected chi connectivity index (χ3v) is 3.00. The lowest BCUT2D eigenvalue weighted by Crippen LogP contribution is -2.47. The number of fused-ring (bicyclic) bond motifs is 1. The van der Waals surface area contributed by atoms with Gasteiger partial charge in [0.2, 0.25) is 5.91 Å². The molecule has 2 aromatic rings. The van der Waals surface area contributed by atoms with Crippen molar-refractivity contribution >= 4 is 28.5 Å². The van der Waals surface area contributed by atoms with Crippen LogP contribution in [0.5, 0.6) is 5.75 Å². The minimum atomic E-state index is -0.732. The zero-order chi connectivity index (χ0) is 17.2. The maximum atomic E-state index is 12.0. The first kappa shape index (κ1) is 16.6. The first-order valence-electron chi connectivity index (χ1n) is 7.19. The summed E-state index contributed by atoms with van der Waals surface area (Å²) in [7, 11) is 0. The molecule has 6 nitrogen and oxygen atoms in total. The Balaban J connectivity index is 2.41. The van der Waals surface area contributed by atoms with Crippen molar-refractivity contribution in [3.8, 4) is 5.75 Å². The first-order chi connectivity index (χ1) is 10.7. The predicted octanol–water partition coefficient (Wildman–Crippen LogP) is 3.34. The number of nitrogens with zero attached hydrogens (tertiary/aromatic N) is 1. The lowest BCUT2D eigenvalue weighted by molar-refractivity contribution is -0.117. The van der Waals surface area contributed by atoms with Crippen molar-refractivity contribution < 1.29 is 19.4 Å². The van der Waals surface area contributed by atoms with E-state index in [4.69, 9.17) is 4.74 Å². The van der Waals surface area contributed by atoms with E-state index in [-0.39, 0.29) is 11.7 Å². The van der Waals surface area contributed by atoms with Crippen LogP contribution < -0.4 is 10.4 Å². The Morgan fingerprint density at radius 1 is 1.17 bits per heavy atom. The van der Waals surface area contributed by atoms with Crippen LogP contribution >= 0.6 is 0 Å². The molecule has 0 aliphatic carbocycles. The number of hydrogen-bond acceptors (Lipinski definition) is 4. The molecular weight excluding hydrogens is 296 g/mol. The molecule has 6 heteroatoms. The van der Waals surface area contributed by atoms with Gasteiger partial charge in [-0.2, -0.15) is 0 Å². The van der Waals surface area contributed by atoms with E-state index >= 15 is 0 Å². The quantitative estimate of drug-likeness (QED) is 0.791. The van der Waals surface area contributed by atoms with E-state index < -0.39 is 11.7 Å². The molecule has 0 saturated carbocycles. The predicted molar refractivity (Wildman–Crippen MR) is 88.1 cm³/mol. The van der Waals surface area contributed by atoms with Crippen molar-refractivity contribution in [3.05, 3.63) is 36.4 Å². The molecule has 0 heterocycles. The van der Waals surface area contributed by atoms with Gasteiger partial charge >= 0.3 is 6.09 Å². The minimum Gasteiger partial charge on any atom is -0.508 e. The van der Waals surface area contributed by atoms with Crippen LogP contribution in [0.1, 0.15) is 27.7 Å². The average molecular weight is 316 g/mol. The van der Waals surface area contributed by atoms with Gasteiger partial charge in [-0.05, 0) is 44.4 Å². The number of amides is 2. The van der Waals surface area contributed by atoms with Crippen LogP contribution in [0.15, 0.2) is 36.4 Å².